The standard InChI is InChI=1S/C23H12Cl2N4O5S/c24-13-6-5-12(16(25)10-13)9-17-21(30)28-22(31)20(35-23(28)27-26-17)11-14-7-8-19(34-14)15-3-1-2-4-18(15)29(32)33/h1-8,10-11H,9H2/b20-11-. The predicted octanol–water partition coefficient (Wildman–Crippen LogP) is 4.12. The molecule has 35 heavy (non-hydrogen) atoms. The molecule has 0 fully saturated rings. The van der Waals surface area contributed by atoms with Crippen molar-refractivity contribution in [3.63, 3.8) is 0 Å². The van der Waals surface area contributed by atoms with Gasteiger partial charge in [0.2, 0.25) is 4.96 Å². The molecular weight excluding hydrogens is 515 g/mol. The summed E-state index contributed by atoms with van der Waals surface area (Å²) in [6.45, 7) is 0. The van der Waals surface area contributed by atoms with Crippen LogP contribution in [-0.2, 0) is 6.42 Å². The van der Waals surface area contributed by atoms with Gasteiger partial charge in [0, 0.05) is 28.6 Å². The lowest BCUT2D eigenvalue weighted by molar-refractivity contribution is -0.384. The van der Waals surface area contributed by atoms with Gasteiger partial charge in [0.1, 0.15) is 21.7 Å². The van der Waals surface area contributed by atoms with Crippen molar-refractivity contribution in [2.45, 2.75) is 6.42 Å². The van der Waals surface area contributed by atoms with Crippen molar-refractivity contribution in [1.29, 1.82) is 0 Å². The first-order chi connectivity index (χ1) is 16.8. The Morgan fingerprint density at radius 3 is 2.63 bits per heavy atom. The topological polar surface area (TPSA) is 121 Å². The summed E-state index contributed by atoms with van der Waals surface area (Å²) >= 11 is 13.1. The highest BCUT2D eigenvalue weighted by atomic mass is 35.5. The van der Waals surface area contributed by atoms with Crippen molar-refractivity contribution in [1.82, 2.24) is 14.6 Å². The summed E-state index contributed by atoms with van der Waals surface area (Å²) in [6, 6.07) is 14.2. The molecule has 5 rings (SSSR count). The number of aromatic nitrogens is 3. The Labute approximate surface area is 209 Å². The Balaban J connectivity index is 1.54. The summed E-state index contributed by atoms with van der Waals surface area (Å²) in [6.07, 6.45) is 1.53. The van der Waals surface area contributed by atoms with Crippen LogP contribution in [0.1, 0.15) is 17.0 Å². The van der Waals surface area contributed by atoms with E-state index in [-0.39, 0.29) is 38.8 Å². The zero-order valence-electron chi connectivity index (χ0n) is 17.5. The molecule has 0 amide bonds. The molecular formula is C23H12Cl2N4O5S. The van der Waals surface area contributed by atoms with Gasteiger partial charge in [-0.05, 0) is 35.9 Å². The van der Waals surface area contributed by atoms with Gasteiger partial charge >= 0.3 is 0 Å². The highest BCUT2D eigenvalue weighted by molar-refractivity contribution is 7.15. The van der Waals surface area contributed by atoms with Gasteiger partial charge in [-0.15, -0.1) is 10.2 Å². The molecule has 3 heterocycles. The molecule has 0 radical (unpaired) electrons. The Kier molecular flexibility index (Phi) is 5.93. The lowest BCUT2D eigenvalue weighted by Crippen LogP contribution is -2.33. The number of halogens is 2. The van der Waals surface area contributed by atoms with Crippen LogP contribution in [0, 0.1) is 10.1 Å². The van der Waals surface area contributed by atoms with Gasteiger partial charge in [0.25, 0.3) is 16.8 Å². The van der Waals surface area contributed by atoms with E-state index < -0.39 is 16.0 Å². The lowest BCUT2D eigenvalue weighted by Gasteiger charge is -2.03. The Hall–Kier alpha value is -3.86. The number of hydrogen-bond acceptors (Lipinski definition) is 8. The van der Waals surface area contributed by atoms with E-state index in [1.165, 1.54) is 12.1 Å². The molecule has 0 aliphatic heterocycles. The van der Waals surface area contributed by atoms with E-state index in [0.29, 0.717) is 21.2 Å². The fourth-order valence-electron chi connectivity index (χ4n) is 3.50. The van der Waals surface area contributed by atoms with Crippen molar-refractivity contribution in [2.24, 2.45) is 0 Å². The highest BCUT2D eigenvalue weighted by Crippen LogP contribution is 2.31. The first-order valence-electron chi connectivity index (χ1n) is 10.0. The van der Waals surface area contributed by atoms with E-state index in [1.54, 1.807) is 48.5 Å². The molecule has 0 aliphatic rings. The number of nitrogens with zero attached hydrogens (tertiary/aromatic N) is 4. The Morgan fingerprint density at radius 2 is 1.86 bits per heavy atom. The van der Waals surface area contributed by atoms with Gasteiger partial charge in [-0.25, -0.2) is 4.40 Å². The maximum absolute atomic E-state index is 13.0. The maximum atomic E-state index is 13.0. The fraction of sp³-hybridized carbons (Fsp3) is 0.0435. The summed E-state index contributed by atoms with van der Waals surface area (Å²) in [5.74, 6) is 0.562. The van der Waals surface area contributed by atoms with Gasteiger partial charge in [-0.2, -0.15) is 0 Å². The molecule has 12 heteroatoms. The minimum absolute atomic E-state index is 0.0600. The molecule has 0 saturated carbocycles. The molecule has 174 valence electrons. The number of thiazole rings is 1. The van der Waals surface area contributed by atoms with E-state index in [0.717, 1.165) is 15.7 Å². The molecule has 2 aromatic carbocycles. The first kappa shape index (κ1) is 22.9. The smallest absolute Gasteiger partial charge is 0.283 e. The number of benzene rings is 2. The Bertz CT molecular complexity index is 1790. The summed E-state index contributed by atoms with van der Waals surface area (Å²) in [5, 5.41) is 20.2. The minimum Gasteiger partial charge on any atom is -0.456 e. The maximum Gasteiger partial charge on any atom is 0.283 e. The van der Waals surface area contributed by atoms with Crippen molar-refractivity contribution < 1.29 is 9.34 Å². The molecule has 0 spiro atoms. The van der Waals surface area contributed by atoms with Crippen LogP contribution < -0.4 is 15.7 Å². The van der Waals surface area contributed by atoms with Crippen molar-refractivity contribution in [2.75, 3.05) is 0 Å². The number of para-hydroxylation sites is 1. The molecule has 0 atom stereocenters. The average molecular weight is 527 g/mol. The third kappa shape index (κ3) is 4.34. The lowest BCUT2D eigenvalue weighted by atomic mass is 10.1. The summed E-state index contributed by atoms with van der Waals surface area (Å²) in [7, 11) is 0. The average Bonchev–Trinajstić information content (AvgIpc) is 3.42. The van der Waals surface area contributed by atoms with Crippen LogP contribution in [0.4, 0.5) is 5.69 Å². The minimum atomic E-state index is -0.595. The third-order valence-corrected chi connectivity index (χ3v) is 6.70. The summed E-state index contributed by atoms with van der Waals surface area (Å²) in [5.41, 5.74) is -0.280. The van der Waals surface area contributed by atoms with Crippen molar-refractivity contribution >= 4 is 51.3 Å². The van der Waals surface area contributed by atoms with Crippen LogP contribution in [0.2, 0.25) is 10.0 Å². The quantitative estimate of drug-likeness (QED) is 0.249. The fourth-order valence-corrected chi connectivity index (χ4v) is 4.86. The first-order valence-corrected chi connectivity index (χ1v) is 11.6. The largest absolute Gasteiger partial charge is 0.456 e. The normalized spacial score (nSPS) is 11.9. The Morgan fingerprint density at radius 1 is 1.06 bits per heavy atom. The second kappa shape index (κ2) is 9.06. The SMILES string of the molecule is O=c1c(Cc2ccc(Cl)cc2Cl)nnc2s/c(=C\c3ccc(-c4ccccc4[N+](=O)[O-])o3)c(=O)n12. The van der Waals surface area contributed by atoms with E-state index in [2.05, 4.69) is 10.2 Å². The summed E-state index contributed by atoms with van der Waals surface area (Å²) < 4.78 is 6.88. The van der Waals surface area contributed by atoms with E-state index in [9.17, 15) is 19.7 Å². The predicted molar refractivity (Wildman–Crippen MR) is 132 cm³/mol. The highest BCUT2D eigenvalue weighted by Gasteiger charge is 2.18. The zero-order valence-corrected chi connectivity index (χ0v) is 19.8. The number of nitro groups is 1. The molecule has 3 aromatic heterocycles. The molecule has 5 aromatic rings. The van der Waals surface area contributed by atoms with E-state index in [1.807, 2.05) is 0 Å². The van der Waals surface area contributed by atoms with Crippen LogP contribution in [-0.4, -0.2) is 19.5 Å². The number of hydrogen-bond donors (Lipinski definition) is 0. The second-order valence-corrected chi connectivity index (χ2v) is 9.23. The number of fused-ring (bicyclic) bond motifs is 1. The van der Waals surface area contributed by atoms with Crippen LogP contribution in [0.3, 0.4) is 0 Å². The molecule has 0 saturated heterocycles. The third-order valence-electron chi connectivity index (χ3n) is 5.15. The number of rotatable bonds is 5. The molecule has 9 nitrogen and oxygen atoms in total. The van der Waals surface area contributed by atoms with Crippen LogP contribution >= 0.6 is 34.5 Å². The van der Waals surface area contributed by atoms with Gasteiger partial charge in [0.15, 0.2) is 0 Å². The van der Waals surface area contributed by atoms with E-state index in [4.69, 9.17) is 27.6 Å². The van der Waals surface area contributed by atoms with Crippen LogP contribution in [0.5, 0.6) is 0 Å². The van der Waals surface area contributed by atoms with Gasteiger partial charge in [0.05, 0.1) is 10.5 Å². The molecule has 0 N–H and O–H groups in total. The van der Waals surface area contributed by atoms with Crippen molar-refractivity contribution in [3.8, 4) is 11.3 Å². The second-order valence-electron chi connectivity index (χ2n) is 7.37. The molecule has 0 unspecified atom stereocenters. The van der Waals surface area contributed by atoms with Gasteiger partial charge in [-0.3, -0.25) is 19.7 Å². The monoisotopic (exact) mass is 526 g/mol. The number of nitro benzene ring substituents is 1. The van der Waals surface area contributed by atoms with Crippen molar-refractivity contribution in [3.05, 3.63) is 117 Å². The zero-order chi connectivity index (χ0) is 24.7. The molecule has 0 bridgehead atoms. The van der Waals surface area contributed by atoms with Crippen LogP contribution in [0.25, 0.3) is 22.4 Å². The van der Waals surface area contributed by atoms with Gasteiger partial charge in [-0.1, -0.05) is 52.7 Å². The molecule has 0 aliphatic carbocycles. The van der Waals surface area contributed by atoms with E-state index >= 15 is 0 Å². The van der Waals surface area contributed by atoms with Gasteiger partial charge < -0.3 is 4.42 Å². The number of furan rings is 1. The summed E-state index contributed by atoms with van der Waals surface area (Å²) in [4.78, 5) is 36.9. The van der Waals surface area contributed by atoms with Crippen LogP contribution in [0.15, 0.2) is 68.6 Å².